The van der Waals surface area contributed by atoms with E-state index < -0.39 is 5.97 Å². The van der Waals surface area contributed by atoms with Gasteiger partial charge in [0.05, 0.1) is 17.7 Å². The summed E-state index contributed by atoms with van der Waals surface area (Å²) in [4.78, 5) is 15.4. The first-order chi connectivity index (χ1) is 9.13. The Labute approximate surface area is 112 Å². The number of pyridine rings is 1. The molecule has 1 aromatic heterocycles. The predicted molar refractivity (Wildman–Crippen MR) is 70.4 cm³/mol. The lowest BCUT2D eigenvalue weighted by Gasteiger charge is -2.20. The van der Waals surface area contributed by atoms with Crippen LogP contribution in [0, 0.1) is 12.8 Å². The van der Waals surface area contributed by atoms with Gasteiger partial charge in [-0.25, -0.2) is 9.78 Å². The number of aryl methyl sites for hydroxylation is 1. The Kier molecular flexibility index (Phi) is 3.14. The zero-order valence-corrected chi connectivity index (χ0v) is 10.9. The second-order valence-corrected chi connectivity index (χ2v) is 5.40. The summed E-state index contributed by atoms with van der Waals surface area (Å²) in [7, 11) is 0. The zero-order chi connectivity index (χ0) is 13.4. The van der Waals surface area contributed by atoms with Gasteiger partial charge < -0.3 is 15.2 Å². The fourth-order valence-electron chi connectivity index (χ4n) is 2.71. The number of rotatable bonds is 4. The highest BCUT2D eigenvalue weighted by Gasteiger charge is 2.40. The Morgan fingerprint density at radius 2 is 2.21 bits per heavy atom. The van der Waals surface area contributed by atoms with E-state index in [0.717, 1.165) is 13.0 Å². The van der Waals surface area contributed by atoms with Crippen molar-refractivity contribution in [2.75, 3.05) is 11.9 Å². The molecule has 1 aliphatic heterocycles. The van der Waals surface area contributed by atoms with E-state index in [1.54, 1.807) is 19.1 Å². The fraction of sp³-hybridized carbons (Fsp3) is 0.571. The molecule has 102 valence electrons. The molecular weight excluding hydrogens is 244 g/mol. The van der Waals surface area contributed by atoms with Gasteiger partial charge in [0.15, 0.2) is 0 Å². The lowest BCUT2D eigenvalue weighted by atomic mass is 10.1. The zero-order valence-electron chi connectivity index (χ0n) is 10.9. The third kappa shape index (κ3) is 2.71. The molecule has 1 saturated carbocycles. The van der Waals surface area contributed by atoms with Gasteiger partial charge in [-0.05, 0) is 44.2 Å². The van der Waals surface area contributed by atoms with Crippen LogP contribution in [-0.2, 0) is 4.74 Å². The number of aromatic nitrogens is 1. The number of nitrogens with zero attached hydrogens (tertiary/aromatic N) is 1. The Balaban J connectivity index is 1.76. The van der Waals surface area contributed by atoms with E-state index in [4.69, 9.17) is 9.84 Å². The molecular formula is C14H18N2O3. The van der Waals surface area contributed by atoms with Crippen LogP contribution in [0.3, 0.4) is 0 Å². The molecule has 2 heterocycles. The molecule has 0 amide bonds. The molecule has 19 heavy (non-hydrogen) atoms. The van der Waals surface area contributed by atoms with E-state index in [0.29, 0.717) is 17.4 Å². The number of aromatic carboxylic acids is 1. The van der Waals surface area contributed by atoms with Crippen molar-refractivity contribution in [2.24, 2.45) is 5.92 Å². The highest BCUT2D eigenvalue weighted by atomic mass is 16.5. The molecule has 1 aliphatic carbocycles. The summed E-state index contributed by atoms with van der Waals surface area (Å²) >= 11 is 0. The van der Waals surface area contributed by atoms with Crippen LogP contribution in [0.25, 0.3) is 0 Å². The smallest absolute Gasteiger partial charge is 0.335 e. The molecule has 5 heteroatoms. The van der Waals surface area contributed by atoms with Gasteiger partial charge in [-0.2, -0.15) is 0 Å². The normalized spacial score (nSPS) is 26.4. The maximum absolute atomic E-state index is 11.0. The number of ether oxygens (including phenoxy) is 1. The summed E-state index contributed by atoms with van der Waals surface area (Å²) in [5.74, 6) is 0.386. The third-order valence-electron chi connectivity index (χ3n) is 3.76. The number of carbonyl (C=O) groups is 1. The SMILES string of the molecule is Cc1cc(C(=O)O)cc(NC2CCOC2C2CC2)n1. The van der Waals surface area contributed by atoms with Crippen LogP contribution in [0.1, 0.15) is 35.3 Å². The quantitative estimate of drug-likeness (QED) is 0.869. The highest BCUT2D eigenvalue weighted by molar-refractivity contribution is 5.88. The first-order valence-corrected chi connectivity index (χ1v) is 6.73. The summed E-state index contributed by atoms with van der Waals surface area (Å²) < 4.78 is 5.76. The predicted octanol–water partition coefficient (Wildman–Crippen LogP) is 2.07. The molecule has 2 aliphatic rings. The molecule has 2 fully saturated rings. The average molecular weight is 262 g/mol. The van der Waals surface area contributed by atoms with E-state index >= 15 is 0 Å². The second-order valence-electron chi connectivity index (χ2n) is 5.40. The van der Waals surface area contributed by atoms with Crippen LogP contribution in [0.2, 0.25) is 0 Å². The van der Waals surface area contributed by atoms with Crippen LogP contribution >= 0.6 is 0 Å². The van der Waals surface area contributed by atoms with Crippen LogP contribution in [0.4, 0.5) is 5.82 Å². The van der Waals surface area contributed by atoms with Gasteiger partial charge in [-0.3, -0.25) is 0 Å². The van der Waals surface area contributed by atoms with Gasteiger partial charge in [0.2, 0.25) is 0 Å². The maximum atomic E-state index is 11.0. The molecule has 5 nitrogen and oxygen atoms in total. The van der Waals surface area contributed by atoms with Crippen LogP contribution < -0.4 is 5.32 Å². The van der Waals surface area contributed by atoms with Gasteiger partial charge in [-0.15, -0.1) is 0 Å². The average Bonchev–Trinajstić information content (AvgIpc) is 3.10. The number of anilines is 1. The largest absolute Gasteiger partial charge is 0.478 e. The maximum Gasteiger partial charge on any atom is 0.335 e. The topological polar surface area (TPSA) is 71.5 Å². The van der Waals surface area contributed by atoms with E-state index in [2.05, 4.69) is 10.3 Å². The molecule has 0 radical (unpaired) electrons. The lowest BCUT2D eigenvalue weighted by molar-refractivity contribution is 0.0696. The minimum absolute atomic E-state index is 0.253. The van der Waals surface area contributed by atoms with Crippen molar-refractivity contribution in [3.63, 3.8) is 0 Å². The number of carboxylic acid groups (broad SMARTS) is 1. The van der Waals surface area contributed by atoms with Crippen molar-refractivity contribution >= 4 is 11.8 Å². The van der Waals surface area contributed by atoms with Crippen molar-refractivity contribution in [3.05, 3.63) is 23.4 Å². The molecule has 2 N–H and O–H groups in total. The summed E-state index contributed by atoms with van der Waals surface area (Å²) in [6.07, 6.45) is 3.70. The Morgan fingerprint density at radius 1 is 1.42 bits per heavy atom. The Hall–Kier alpha value is -1.62. The van der Waals surface area contributed by atoms with Crippen molar-refractivity contribution in [3.8, 4) is 0 Å². The highest BCUT2D eigenvalue weighted by Crippen LogP contribution is 2.39. The summed E-state index contributed by atoms with van der Waals surface area (Å²) in [6, 6.07) is 3.43. The minimum atomic E-state index is -0.921. The first kappa shape index (κ1) is 12.4. The van der Waals surface area contributed by atoms with Gasteiger partial charge in [-0.1, -0.05) is 0 Å². The molecule has 2 atom stereocenters. The minimum Gasteiger partial charge on any atom is -0.478 e. The lowest BCUT2D eigenvalue weighted by Crippen LogP contribution is -2.31. The molecule has 0 bridgehead atoms. The number of nitrogens with one attached hydrogen (secondary N) is 1. The van der Waals surface area contributed by atoms with Gasteiger partial charge in [0, 0.05) is 12.3 Å². The molecule has 2 unspecified atom stereocenters. The molecule has 1 saturated heterocycles. The van der Waals surface area contributed by atoms with Crippen molar-refractivity contribution in [1.29, 1.82) is 0 Å². The molecule has 1 aromatic rings. The second kappa shape index (κ2) is 4.81. The molecule has 0 aromatic carbocycles. The van der Waals surface area contributed by atoms with Gasteiger partial charge >= 0.3 is 5.97 Å². The fourth-order valence-corrected chi connectivity index (χ4v) is 2.71. The van der Waals surface area contributed by atoms with Crippen molar-refractivity contribution in [1.82, 2.24) is 4.98 Å². The van der Waals surface area contributed by atoms with Crippen molar-refractivity contribution in [2.45, 2.75) is 38.3 Å². The molecule has 0 spiro atoms. The third-order valence-corrected chi connectivity index (χ3v) is 3.76. The number of hydrogen-bond acceptors (Lipinski definition) is 4. The van der Waals surface area contributed by atoms with Crippen LogP contribution in [0.5, 0.6) is 0 Å². The van der Waals surface area contributed by atoms with Crippen LogP contribution in [-0.4, -0.2) is 34.8 Å². The molecule has 3 rings (SSSR count). The van der Waals surface area contributed by atoms with E-state index in [-0.39, 0.29) is 17.7 Å². The summed E-state index contributed by atoms with van der Waals surface area (Å²) in [6.45, 7) is 2.58. The van der Waals surface area contributed by atoms with Crippen LogP contribution in [0.15, 0.2) is 12.1 Å². The number of hydrogen-bond donors (Lipinski definition) is 2. The standard InChI is InChI=1S/C14H18N2O3/c1-8-6-10(14(17)18)7-12(15-8)16-11-4-5-19-13(11)9-2-3-9/h6-7,9,11,13H,2-5H2,1H3,(H,15,16)(H,17,18). The summed E-state index contributed by atoms with van der Waals surface area (Å²) in [5, 5.41) is 12.4. The van der Waals surface area contributed by atoms with Crippen molar-refractivity contribution < 1.29 is 14.6 Å². The van der Waals surface area contributed by atoms with E-state index in [1.165, 1.54) is 12.8 Å². The van der Waals surface area contributed by atoms with E-state index in [9.17, 15) is 4.79 Å². The monoisotopic (exact) mass is 262 g/mol. The van der Waals surface area contributed by atoms with Gasteiger partial charge in [0.25, 0.3) is 0 Å². The van der Waals surface area contributed by atoms with Gasteiger partial charge in [0.1, 0.15) is 5.82 Å². The Bertz CT molecular complexity index is 499. The first-order valence-electron chi connectivity index (χ1n) is 6.73. The number of carboxylic acids is 1. The van der Waals surface area contributed by atoms with E-state index in [1.807, 2.05) is 0 Å². The summed E-state index contributed by atoms with van der Waals surface area (Å²) in [5.41, 5.74) is 0.987. The Morgan fingerprint density at radius 3 is 2.89 bits per heavy atom.